The van der Waals surface area contributed by atoms with Gasteiger partial charge in [-0.15, -0.1) is 20.4 Å². The molecule has 4 aromatic carbocycles. The summed E-state index contributed by atoms with van der Waals surface area (Å²) < 4.78 is 0. The highest BCUT2D eigenvalue weighted by Crippen LogP contribution is 2.40. The van der Waals surface area contributed by atoms with Gasteiger partial charge in [-0.3, -0.25) is 29.4 Å². The van der Waals surface area contributed by atoms with Crippen LogP contribution in [0.5, 0.6) is 0 Å². The molecule has 350 valence electrons. The average molecular weight is 911 g/mol. The van der Waals surface area contributed by atoms with E-state index >= 15 is 0 Å². The highest BCUT2D eigenvalue weighted by Gasteiger charge is 2.48. The standard InChI is InChI=1S/C27H32N6O.C27H30N6O/c2*1-2-3-12-24-28-27(17-8-4-5-9-18-27)26(34)33(24)19-20-13-15-21(16-14-20)22-10-6-7-11-23(22)25-29-31-32-30-25/h6-7,10-11,13-16H,2-5,8-9,12,17-19H2,1H3,(H,29,30,31,32);3,6-7,10-16H,2,4-5,8-9,17-19H2,1H3,(H,29,30,31,32)/b;12-3+. The summed E-state index contributed by atoms with van der Waals surface area (Å²) in [6, 6.07) is 32.9. The number of hydrogen-bond acceptors (Lipinski definition) is 10. The van der Waals surface area contributed by atoms with E-state index in [-0.39, 0.29) is 11.8 Å². The number of aliphatic imine (C=N–C) groups is 2. The first-order chi connectivity index (χ1) is 33.4. The number of aromatic amines is 2. The zero-order chi connectivity index (χ0) is 46.8. The van der Waals surface area contributed by atoms with Gasteiger partial charge in [-0.1, -0.05) is 175 Å². The minimum atomic E-state index is -0.562. The molecule has 2 N–H and O–H groups in total. The van der Waals surface area contributed by atoms with Crippen molar-refractivity contribution < 1.29 is 9.59 Å². The first-order valence-corrected chi connectivity index (χ1v) is 24.7. The van der Waals surface area contributed by atoms with E-state index in [0.717, 1.165) is 133 Å². The molecule has 2 saturated carbocycles. The molecule has 14 nitrogen and oxygen atoms in total. The number of aromatic nitrogens is 8. The molecule has 4 heterocycles. The summed E-state index contributed by atoms with van der Waals surface area (Å²) in [4.78, 5) is 41.3. The second-order valence-electron chi connectivity index (χ2n) is 18.5. The number of rotatable bonds is 13. The van der Waals surface area contributed by atoms with Crippen molar-refractivity contribution >= 4 is 23.5 Å². The van der Waals surface area contributed by atoms with E-state index in [1.165, 1.54) is 25.7 Å². The van der Waals surface area contributed by atoms with Crippen LogP contribution in [0.1, 0.15) is 128 Å². The van der Waals surface area contributed by atoms with E-state index in [4.69, 9.17) is 9.98 Å². The molecule has 10 rings (SSSR count). The van der Waals surface area contributed by atoms with Crippen LogP contribution >= 0.6 is 0 Å². The van der Waals surface area contributed by atoms with Crippen LogP contribution in [0.2, 0.25) is 0 Å². The number of carbonyl (C=O) groups is 2. The quantitative estimate of drug-likeness (QED) is 0.115. The molecule has 6 aromatic rings. The molecule has 14 heteroatoms. The van der Waals surface area contributed by atoms with Crippen LogP contribution in [-0.2, 0) is 22.7 Å². The second kappa shape index (κ2) is 21.3. The Bertz CT molecular complexity index is 2710. The van der Waals surface area contributed by atoms with Crippen LogP contribution in [0.4, 0.5) is 0 Å². The molecule has 0 atom stereocenters. The predicted octanol–water partition coefficient (Wildman–Crippen LogP) is 10.9. The second-order valence-corrected chi connectivity index (χ2v) is 18.5. The number of benzene rings is 4. The smallest absolute Gasteiger partial charge is 0.256 e. The number of unbranched alkanes of at least 4 members (excludes halogenated alkanes) is 1. The van der Waals surface area contributed by atoms with Crippen LogP contribution < -0.4 is 0 Å². The van der Waals surface area contributed by atoms with Crippen molar-refractivity contribution in [3.8, 4) is 45.0 Å². The van der Waals surface area contributed by atoms with Gasteiger partial charge in [0.25, 0.3) is 11.8 Å². The molecular weight excluding hydrogens is 849 g/mol. The Kier molecular flexibility index (Phi) is 14.5. The van der Waals surface area contributed by atoms with Crippen molar-refractivity contribution in [3.63, 3.8) is 0 Å². The van der Waals surface area contributed by atoms with E-state index in [9.17, 15) is 9.59 Å². The Balaban J connectivity index is 0.000000170. The lowest BCUT2D eigenvalue weighted by molar-refractivity contribution is -0.132. The summed E-state index contributed by atoms with van der Waals surface area (Å²) in [6.07, 6.45) is 20.7. The molecule has 0 radical (unpaired) electrons. The SMILES string of the molecule is CC/C=C/C1=NC2(CCCCCC2)C(=O)N1Cc1ccc(-c2ccccc2-c2nn[nH]n2)cc1.CCCCC1=NC2(CCCCCC2)C(=O)N1Cc1ccc(-c2ccccc2-c2nn[nH]n2)cc1. The van der Waals surface area contributed by atoms with Crippen molar-refractivity contribution in [3.05, 3.63) is 120 Å². The van der Waals surface area contributed by atoms with Gasteiger partial charge in [-0.25, -0.2) is 0 Å². The number of carbonyl (C=O) groups excluding carboxylic acids is 2. The molecular formula is C54H62N12O2. The van der Waals surface area contributed by atoms with Gasteiger partial charge in [0.15, 0.2) is 0 Å². The number of H-pyrrole nitrogens is 2. The van der Waals surface area contributed by atoms with Crippen LogP contribution in [-0.4, -0.2) is 85.6 Å². The van der Waals surface area contributed by atoms with E-state index in [1.54, 1.807) is 0 Å². The van der Waals surface area contributed by atoms with Gasteiger partial charge >= 0.3 is 0 Å². The molecule has 2 aliphatic carbocycles. The maximum absolute atomic E-state index is 13.7. The number of allylic oxidation sites excluding steroid dienone is 1. The van der Waals surface area contributed by atoms with Crippen molar-refractivity contribution in [1.82, 2.24) is 51.0 Å². The topological polar surface area (TPSA) is 174 Å². The third-order valence-electron chi connectivity index (χ3n) is 13.9. The monoisotopic (exact) mass is 911 g/mol. The highest BCUT2D eigenvalue weighted by atomic mass is 16.2. The Labute approximate surface area is 398 Å². The van der Waals surface area contributed by atoms with Crippen molar-refractivity contribution in [2.75, 3.05) is 0 Å². The predicted molar refractivity (Wildman–Crippen MR) is 266 cm³/mol. The first-order valence-electron chi connectivity index (χ1n) is 24.7. The maximum Gasteiger partial charge on any atom is 0.256 e. The Hall–Kier alpha value is -6.96. The molecule has 2 spiro atoms. The summed E-state index contributed by atoms with van der Waals surface area (Å²) in [6.45, 7) is 5.40. The summed E-state index contributed by atoms with van der Waals surface area (Å²) in [5.41, 5.74) is 7.22. The average Bonchev–Trinajstić information content (AvgIpc) is 4.13. The number of hydrogen-bond donors (Lipinski definition) is 2. The summed E-state index contributed by atoms with van der Waals surface area (Å²) >= 11 is 0. The molecule has 2 fully saturated rings. The van der Waals surface area contributed by atoms with E-state index in [0.29, 0.717) is 24.7 Å². The normalized spacial score (nSPS) is 17.9. The number of tetrazole rings is 2. The van der Waals surface area contributed by atoms with Crippen LogP contribution in [0.25, 0.3) is 45.0 Å². The molecule has 4 aliphatic rings. The third kappa shape index (κ3) is 10.00. The van der Waals surface area contributed by atoms with Crippen LogP contribution in [0, 0.1) is 0 Å². The zero-order valence-electron chi connectivity index (χ0n) is 39.4. The maximum atomic E-state index is 13.7. The van der Waals surface area contributed by atoms with Gasteiger partial charge in [0, 0.05) is 17.5 Å². The number of amidine groups is 2. The molecule has 68 heavy (non-hydrogen) atoms. The molecule has 0 bridgehead atoms. The van der Waals surface area contributed by atoms with E-state index < -0.39 is 11.1 Å². The minimum absolute atomic E-state index is 0.164. The summed E-state index contributed by atoms with van der Waals surface area (Å²) in [7, 11) is 0. The van der Waals surface area contributed by atoms with E-state index in [2.05, 4.69) is 122 Å². The van der Waals surface area contributed by atoms with Gasteiger partial charge in [0.1, 0.15) is 22.7 Å². The van der Waals surface area contributed by atoms with Gasteiger partial charge in [0.05, 0.1) is 13.1 Å². The van der Waals surface area contributed by atoms with Crippen LogP contribution in [0.15, 0.2) is 119 Å². The fourth-order valence-corrected chi connectivity index (χ4v) is 10.2. The summed E-state index contributed by atoms with van der Waals surface area (Å²) in [5.74, 6) is 3.32. The van der Waals surface area contributed by atoms with Crippen molar-refractivity contribution in [2.24, 2.45) is 9.98 Å². The van der Waals surface area contributed by atoms with Gasteiger partial charge in [-0.05, 0) is 88.4 Å². The lowest BCUT2D eigenvalue weighted by atomic mass is 9.90. The largest absolute Gasteiger partial charge is 0.294 e. The number of nitrogens with zero attached hydrogens (tertiary/aromatic N) is 10. The van der Waals surface area contributed by atoms with Gasteiger partial charge in [0.2, 0.25) is 11.6 Å². The fraction of sp³-hybridized carbons (Fsp3) is 0.407. The van der Waals surface area contributed by atoms with Gasteiger partial charge < -0.3 is 0 Å². The van der Waals surface area contributed by atoms with E-state index in [1.807, 2.05) is 52.3 Å². The zero-order valence-corrected chi connectivity index (χ0v) is 39.4. The third-order valence-corrected chi connectivity index (χ3v) is 13.9. The lowest BCUT2D eigenvalue weighted by Gasteiger charge is -2.25. The molecule has 0 saturated heterocycles. The Morgan fingerprint density at radius 1 is 0.559 bits per heavy atom. The summed E-state index contributed by atoms with van der Waals surface area (Å²) in [5, 5.41) is 29.0. The number of nitrogens with one attached hydrogen (secondary N) is 2. The Morgan fingerprint density at radius 2 is 1.01 bits per heavy atom. The van der Waals surface area contributed by atoms with Gasteiger partial charge in [-0.2, -0.15) is 10.4 Å². The van der Waals surface area contributed by atoms with Crippen molar-refractivity contribution in [2.45, 2.75) is 141 Å². The first kappa shape index (κ1) is 46.2. The highest BCUT2D eigenvalue weighted by molar-refractivity contribution is 6.12. The molecule has 2 aromatic heterocycles. The minimum Gasteiger partial charge on any atom is -0.294 e. The Morgan fingerprint density at radius 3 is 1.47 bits per heavy atom. The molecule has 0 unspecified atom stereocenters. The molecule has 2 aliphatic heterocycles. The fourth-order valence-electron chi connectivity index (χ4n) is 10.2. The van der Waals surface area contributed by atoms with Crippen LogP contribution in [0.3, 0.4) is 0 Å². The number of amides is 2. The van der Waals surface area contributed by atoms with Crippen molar-refractivity contribution in [1.29, 1.82) is 0 Å². The molecule has 2 amide bonds. The lowest BCUT2D eigenvalue weighted by Crippen LogP contribution is -2.42.